The molecule has 0 atom stereocenters. The van der Waals surface area contributed by atoms with Crippen molar-refractivity contribution in [1.82, 2.24) is 4.98 Å². The van der Waals surface area contributed by atoms with Gasteiger partial charge < -0.3 is 4.42 Å². The van der Waals surface area contributed by atoms with E-state index in [9.17, 15) is 22.0 Å². The molecule has 0 N–H and O–H groups in total. The molecular weight excluding hydrogens is 434 g/mol. The van der Waals surface area contributed by atoms with Crippen molar-refractivity contribution in [3.05, 3.63) is 77.8 Å². The fourth-order valence-corrected chi connectivity index (χ4v) is 4.84. The van der Waals surface area contributed by atoms with E-state index in [1.807, 2.05) is 0 Å². The zero-order valence-corrected chi connectivity index (χ0v) is 17.1. The van der Waals surface area contributed by atoms with E-state index in [0.29, 0.717) is 11.8 Å². The summed E-state index contributed by atoms with van der Waals surface area (Å²) in [5, 5.41) is 0.0826. The molecule has 4 aromatic rings. The molecule has 2 heterocycles. The summed E-state index contributed by atoms with van der Waals surface area (Å²) in [6.07, 6.45) is 2.43. The SMILES string of the molecule is CS(=O)(=O)c1ccccc1C(=O)N(Cc1ccco1)c1nc2c(F)cc(F)cc2s1. The van der Waals surface area contributed by atoms with Crippen LogP contribution in [0.5, 0.6) is 0 Å². The second kappa shape index (κ2) is 7.62. The molecule has 0 bridgehead atoms. The number of thiazole rings is 1. The highest BCUT2D eigenvalue weighted by atomic mass is 32.2. The zero-order chi connectivity index (χ0) is 21.5. The molecule has 154 valence electrons. The predicted molar refractivity (Wildman–Crippen MR) is 108 cm³/mol. The average molecular weight is 448 g/mol. The number of fused-ring (bicyclic) bond motifs is 1. The minimum Gasteiger partial charge on any atom is -0.467 e. The van der Waals surface area contributed by atoms with Gasteiger partial charge in [-0.15, -0.1) is 0 Å². The van der Waals surface area contributed by atoms with E-state index < -0.39 is 27.4 Å². The lowest BCUT2D eigenvalue weighted by Crippen LogP contribution is -2.31. The molecule has 0 saturated heterocycles. The van der Waals surface area contributed by atoms with Crippen LogP contribution >= 0.6 is 11.3 Å². The van der Waals surface area contributed by atoms with Crippen LogP contribution in [0.15, 0.2) is 64.1 Å². The Morgan fingerprint density at radius 1 is 1.17 bits per heavy atom. The van der Waals surface area contributed by atoms with Crippen LogP contribution in [0.25, 0.3) is 10.2 Å². The number of anilines is 1. The fraction of sp³-hybridized carbons (Fsp3) is 0.100. The number of nitrogens with zero attached hydrogens (tertiary/aromatic N) is 2. The maximum Gasteiger partial charge on any atom is 0.261 e. The summed E-state index contributed by atoms with van der Waals surface area (Å²) in [4.78, 5) is 18.6. The molecule has 4 rings (SSSR count). The van der Waals surface area contributed by atoms with Crippen molar-refractivity contribution >= 4 is 42.4 Å². The van der Waals surface area contributed by atoms with Crippen molar-refractivity contribution in [2.24, 2.45) is 0 Å². The first-order chi connectivity index (χ1) is 14.2. The molecule has 1 amide bonds. The molecular formula is C20H14F2N2O4S2. The molecule has 6 nitrogen and oxygen atoms in total. The molecule has 0 aliphatic heterocycles. The summed E-state index contributed by atoms with van der Waals surface area (Å²) in [7, 11) is -3.69. The minimum absolute atomic E-state index is 0.0579. The average Bonchev–Trinajstić information content (AvgIpc) is 3.34. The second-order valence-electron chi connectivity index (χ2n) is 6.47. The van der Waals surface area contributed by atoms with Crippen molar-refractivity contribution < 1.29 is 26.4 Å². The van der Waals surface area contributed by atoms with Crippen LogP contribution in [0, 0.1) is 11.6 Å². The summed E-state index contributed by atoms with van der Waals surface area (Å²) >= 11 is 0.915. The van der Waals surface area contributed by atoms with Gasteiger partial charge in [0.25, 0.3) is 5.91 Å². The molecule has 2 aromatic carbocycles. The van der Waals surface area contributed by atoms with Gasteiger partial charge in [0.15, 0.2) is 20.8 Å². The molecule has 0 spiro atoms. The van der Waals surface area contributed by atoms with Crippen LogP contribution in [0.2, 0.25) is 0 Å². The lowest BCUT2D eigenvalue weighted by Gasteiger charge is -2.20. The Morgan fingerprint density at radius 3 is 2.63 bits per heavy atom. The third-order valence-electron chi connectivity index (χ3n) is 4.29. The van der Waals surface area contributed by atoms with Crippen molar-refractivity contribution in [3.8, 4) is 0 Å². The number of halogens is 2. The maximum atomic E-state index is 14.1. The minimum atomic E-state index is -3.69. The van der Waals surface area contributed by atoms with Gasteiger partial charge >= 0.3 is 0 Å². The quantitative estimate of drug-likeness (QED) is 0.452. The number of aromatic nitrogens is 1. The first-order valence-electron chi connectivity index (χ1n) is 8.63. The number of hydrogen-bond acceptors (Lipinski definition) is 6. The van der Waals surface area contributed by atoms with Crippen LogP contribution in [0.4, 0.5) is 13.9 Å². The molecule has 0 radical (unpaired) electrons. The van der Waals surface area contributed by atoms with E-state index in [0.717, 1.165) is 23.7 Å². The molecule has 0 fully saturated rings. The number of carbonyl (C=O) groups excluding carboxylic acids is 1. The monoisotopic (exact) mass is 448 g/mol. The Kier molecular flexibility index (Phi) is 5.12. The van der Waals surface area contributed by atoms with Crippen LogP contribution in [-0.4, -0.2) is 25.6 Å². The summed E-state index contributed by atoms with van der Waals surface area (Å²) < 4.78 is 57.6. The van der Waals surface area contributed by atoms with Gasteiger partial charge in [-0.1, -0.05) is 23.5 Å². The third kappa shape index (κ3) is 3.83. The van der Waals surface area contributed by atoms with Crippen molar-refractivity contribution in [2.45, 2.75) is 11.4 Å². The van der Waals surface area contributed by atoms with Crippen LogP contribution in [0.3, 0.4) is 0 Å². The summed E-state index contributed by atoms with van der Waals surface area (Å²) in [5.41, 5.74) is -0.137. The van der Waals surface area contributed by atoms with Gasteiger partial charge in [-0.3, -0.25) is 9.69 Å². The van der Waals surface area contributed by atoms with Gasteiger partial charge in [-0.05, 0) is 30.3 Å². The molecule has 0 saturated carbocycles. The molecule has 2 aromatic heterocycles. The molecule has 0 aliphatic carbocycles. The highest BCUT2D eigenvalue weighted by molar-refractivity contribution is 7.90. The van der Waals surface area contributed by atoms with Gasteiger partial charge in [0.05, 0.1) is 28.0 Å². The number of carbonyl (C=O) groups is 1. The Bertz CT molecular complexity index is 1350. The highest BCUT2D eigenvalue weighted by Gasteiger charge is 2.27. The summed E-state index contributed by atoms with van der Waals surface area (Å²) in [6, 6.07) is 10.9. The van der Waals surface area contributed by atoms with Gasteiger partial charge in [-0.2, -0.15) is 0 Å². The smallest absolute Gasteiger partial charge is 0.261 e. The standard InChI is InChI=1S/C20H14F2N2O4S2/c1-30(26,27)17-7-3-2-6-14(17)19(25)24(11-13-5-4-8-28-13)20-23-18-15(22)9-12(21)10-16(18)29-20/h2-10H,11H2,1H3. The molecule has 0 aliphatic rings. The van der Waals surface area contributed by atoms with E-state index in [2.05, 4.69) is 4.98 Å². The van der Waals surface area contributed by atoms with Crippen molar-refractivity contribution in [3.63, 3.8) is 0 Å². The number of benzene rings is 2. The number of amides is 1. The topological polar surface area (TPSA) is 80.5 Å². The Hall–Kier alpha value is -3.11. The molecule has 0 unspecified atom stereocenters. The zero-order valence-electron chi connectivity index (χ0n) is 15.5. The Morgan fingerprint density at radius 2 is 1.93 bits per heavy atom. The molecule has 30 heavy (non-hydrogen) atoms. The Balaban J connectivity index is 1.86. The van der Waals surface area contributed by atoms with E-state index in [-0.39, 0.29) is 32.4 Å². The normalized spacial score (nSPS) is 11.7. The first-order valence-corrected chi connectivity index (χ1v) is 11.3. The van der Waals surface area contributed by atoms with E-state index in [1.165, 1.54) is 29.4 Å². The fourth-order valence-electron chi connectivity index (χ4n) is 2.96. The first kappa shape index (κ1) is 20.2. The number of rotatable bonds is 5. The van der Waals surface area contributed by atoms with E-state index >= 15 is 0 Å². The van der Waals surface area contributed by atoms with Crippen LogP contribution in [-0.2, 0) is 16.4 Å². The van der Waals surface area contributed by atoms with E-state index in [4.69, 9.17) is 4.42 Å². The largest absolute Gasteiger partial charge is 0.467 e. The van der Waals surface area contributed by atoms with Gasteiger partial charge in [0.2, 0.25) is 0 Å². The summed E-state index contributed by atoms with van der Waals surface area (Å²) in [5.74, 6) is -1.87. The van der Waals surface area contributed by atoms with Gasteiger partial charge in [0.1, 0.15) is 17.1 Å². The third-order valence-corrected chi connectivity index (χ3v) is 6.47. The summed E-state index contributed by atoms with van der Waals surface area (Å²) in [6.45, 7) is -0.0755. The maximum absolute atomic E-state index is 14.1. The van der Waals surface area contributed by atoms with Crippen LogP contribution in [0.1, 0.15) is 16.1 Å². The van der Waals surface area contributed by atoms with Crippen molar-refractivity contribution in [2.75, 3.05) is 11.2 Å². The molecule has 10 heteroatoms. The van der Waals surface area contributed by atoms with Gasteiger partial charge in [-0.25, -0.2) is 22.2 Å². The highest BCUT2D eigenvalue weighted by Crippen LogP contribution is 2.33. The second-order valence-corrected chi connectivity index (χ2v) is 9.46. The van der Waals surface area contributed by atoms with E-state index in [1.54, 1.807) is 18.2 Å². The number of hydrogen-bond donors (Lipinski definition) is 0. The number of sulfone groups is 1. The lowest BCUT2D eigenvalue weighted by molar-refractivity contribution is 0.0980. The van der Waals surface area contributed by atoms with Crippen LogP contribution < -0.4 is 4.90 Å². The van der Waals surface area contributed by atoms with Gasteiger partial charge in [0, 0.05) is 12.3 Å². The lowest BCUT2D eigenvalue weighted by atomic mass is 10.2. The predicted octanol–water partition coefficient (Wildman–Crippen LogP) is 4.42. The Labute approximate surface area is 174 Å². The number of furan rings is 1. The van der Waals surface area contributed by atoms with Crippen molar-refractivity contribution in [1.29, 1.82) is 0 Å².